The highest BCUT2D eigenvalue weighted by Gasteiger charge is 2.25. The minimum absolute atomic E-state index is 0.0971. The van der Waals surface area contributed by atoms with Gasteiger partial charge in [0.25, 0.3) is 5.91 Å². The van der Waals surface area contributed by atoms with Crippen LogP contribution in [-0.2, 0) is 0 Å². The van der Waals surface area contributed by atoms with Crippen molar-refractivity contribution >= 4 is 5.91 Å². The van der Waals surface area contributed by atoms with E-state index in [-0.39, 0.29) is 17.9 Å². The minimum Gasteiger partial charge on any atom is -0.340 e. The van der Waals surface area contributed by atoms with Crippen molar-refractivity contribution in [2.45, 2.75) is 19.9 Å². The van der Waals surface area contributed by atoms with E-state index < -0.39 is 0 Å². The Hall–Kier alpha value is -3.02. The third-order valence-electron chi connectivity index (χ3n) is 3.64. The fourth-order valence-electron chi connectivity index (χ4n) is 2.31. The highest BCUT2D eigenvalue weighted by Crippen LogP contribution is 2.23. The average Bonchev–Trinajstić information content (AvgIpc) is 3.10. The highest BCUT2D eigenvalue weighted by molar-refractivity contribution is 5.94. The quantitative estimate of drug-likeness (QED) is 0.780. The molecule has 6 heteroatoms. The molecule has 2 heterocycles. The summed E-state index contributed by atoms with van der Waals surface area (Å²) in [6.07, 6.45) is 3.17. The monoisotopic (exact) mass is 322 g/mol. The number of rotatable bonds is 5. The van der Waals surface area contributed by atoms with Crippen molar-refractivity contribution in [3.63, 3.8) is 0 Å². The largest absolute Gasteiger partial charge is 0.340 e. The van der Waals surface area contributed by atoms with Gasteiger partial charge >= 0.3 is 0 Å². The van der Waals surface area contributed by atoms with E-state index in [2.05, 4.69) is 20.4 Å². The summed E-state index contributed by atoms with van der Waals surface area (Å²) in [5.74, 6) is 0.802. The number of carbonyl (C=O) groups excluding carboxylic acids is 1. The zero-order chi connectivity index (χ0) is 16.9. The topological polar surface area (TPSA) is 80.9 Å². The molecular formula is C18H18N4O2. The van der Waals surface area contributed by atoms with Gasteiger partial charge in [0.2, 0.25) is 11.7 Å². The van der Waals surface area contributed by atoms with Crippen LogP contribution in [-0.4, -0.2) is 21.0 Å². The molecular weight excluding hydrogens is 304 g/mol. The Kier molecular flexibility index (Phi) is 4.65. The van der Waals surface area contributed by atoms with Crippen molar-refractivity contribution < 1.29 is 9.32 Å². The summed E-state index contributed by atoms with van der Waals surface area (Å²) in [4.78, 5) is 20.7. The van der Waals surface area contributed by atoms with E-state index >= 15 is 0 Å². The lowest BCUT2D eigenvalue weighted by molar-refractivity contribution is 0.0914. The van der Waals surface area contributed by atoms with Crippen LogP contribution in [0, 0.1) is 5.92 Å². The fourth-order valence-corrected chi connectivity index (χ4v) is 2.31. The second-order valence-electron chi connectivity index (χ2n) is 5.75. The van der Waals surface area contributed by atoms with Crippen LogP contribution < -0.4 is 5.32 Å². The second kappa shape index (κ2) is 7.04. The zero-order valence-electron chi connectivity index (χ0n) is 13.5. The summed E-state index contributed by atoms with van der Waals surface area (Å²) in [5, 5.41) is 6.97. The van der Waals surface area contributed by atoms with Gasteiger partial charge in [-0.3, -0.25) is 9.78 Å². The smallest absolute Gasteiger partial charge is 0.252 e. The summed E-state index contributed by atoms with van der Waals surface area (Å²) in [6, 6.07) is 12.5. The number of carbonyl (C=O) groups is 1. The van der Waals surface area contributed by atoms with Gasteiger partial charge in [0, 0.05) is 23.5 Å². The van der Waals surface area contributed by atoms with Crippen molar-refractivity contribution in [2.24, 2.45) is 5.92 Å². The molecule has 1 N–H and O–H groups in total. The normalized spacial score (nSPS) is 12.1. The standard InChI is InChI=1S/C18H18N4O2/c1-12(2)15(20-17(23)14-8-10-19-11-9-14)18-21-16(22-24-18)13-6-4-3-5-7-13/h3-12,15H,1-2H3,(H,20,23)/t15-/m1/s1. The van der Waals surface area contributed by atoms with Crippen molar-refractivity contribution in [2.75, 3.05) is 0 Å². The molecule has 6 nitrogen and oxygen atoms in total. The predicted molar refractivity (Wildman–Crippen MR) is 89.0 cm³/mol. The first-order chi connectivity index (χ1) is 11.6. The number of aromatic nitrogens is 3. The number of nitrogens with one attached hydrogen (secondary N) is 1. The number of pyridine rings is 1. The second-order valence-corrected chi connectivity index (χ2v) is 5.75. The van der Waals surface area contributed by atoms with E-state index in [0.29, 0.717) is 17.3 Å². The van der Waals surface area contributed by atoms with Crippen molar-refractivity contribution in [3.05, 3.63) is 66.3 Å². The van der Waals surface area contributed by atoms with Gasteiger partial charge < -0.3 is 9.84 Å². The Morgan fingerprint density at radius 1 is 1.08 bits per heavy atom. The molecule has 0 saturated heterocycles. The van der Waals surface area contributed by atoms with E-state index in [1.165, 1.54) is 0 Å². The van der Waals surface area contributed by atoms with E-state index in [0.717, 1.165) is 5.56 Å². The van der Waals surface area contributed by atoms with E-state index in [1.807, 2.05) is 44.2 Å². The van der Waals surface area contributed by atoms with Crippen LogP contribution in [0.3, 0.4) is 0 Å². The van der Waals surface area contributed by atoms with Gasteiger partial charge in [-0.25, -0.2) is 0 Å². The molecule has 0 radical (unpaired) electrons. The summed E-state index contributed by atoms with van der Waals surface area (Å²) < 4.78 is 5.39. The molecule has 2 aromatic heterocycles. The number of nitrogens with zero attached hydrogens (tertiary/aromatic N) is 3. The Bertz CT molecular complexity index is 800. The summed E-state index contributed by atoms with van der Waals surface area (Å²) >= 11 is 0. The first kappa shape index (κ1) is 15.9. The molecule has 0 aliphatic rings. The first-order valence-corrected chi connectivity index (χ1v) is 7.75. The molecule has 0 aliphatic carbocycles. The maximum atomic E-state index is 12.4. The molecule has 1 aromatic carbocycles. The van der Waals surface area contributed by atoms with E-state index in [1.54, 1.807) is 24.5 Å². The number of hydrogen-bond donors (Lipinski definition) is 1. The lowest BCUT2D eigenvalue weighted by Crippen LogP contribution is -2.32. The molecule has 0 aliphatic heterocycles. The maximum absolute atomic E-state index is 12.4. The molecule has 1 amide bonds. The van der Waals surface area contributed by atoms with Crippen molar-refractivity contribution in [1.82, 2.24) is 20.4 Å². The Morgan fingerprint density at radius 3 is 2.46 bits per heavy atom. The molecule has 0 fully saturated rings. The Labute approximate surface area is 139 Å². The van der Waals surface area contributed by atoms with Gasteiger partial charge in [-0.1, -0.05) is 49.3 Å². The van der Waals surface area contributed by atoms with Gasteiger partial charge in [-0.15, -0.1) is 0 Å². The van der Waals surface area contributed by atoms with Crippen LogP contribution in [0.1, 0.15) is 36.1 Å². The lowest BCUT2D eigenvalue weighted by atomic mass is 10.0. The molecule has 0 bridgehead atoms. The van der Waals surface area contributed by atoms with Crippen LogP contribution in [0.25, 0.3) is 11.4 Å². The zero-order valence-corrected chi connectivity index (χ0v) is 13.5. The SMILES string of the molecule is CC(C)[C@@H](NC(=O)c1ccncc1)c1nc(-c2ccccc2)no1. The van der Waals surface area contributed by atoms with Gasteiger partial charge in [-0.05, 0) is 18.1 Å². The number of amides is 1. The van der Waals surface area contributed by atoms with Gasteiger partial charge in [0.1, 0.15) is 6.04 Å². The number of benzene rings is 1. The van der Waals surface area contributed by atoms with Gasteiger partial charge in [-0.2, -0.15) is 4.98 Å². The summed E-state index contributed by atoms with van der Waals surface area (Å²) in [7, 11) is 0. The lowest BCUT2D eigenvalue weighted by Gasteiger charge is -2.18. The van der Waals surface area contributed by atoms with Crippen LogP contribution in [0.15, 0.2) is 59.4 Å². The first-order valence-electron chi connectivity index (χ1n) is 7.75. The third kappa shape index (κ3) is 3.48. The van der Waals surface area contributed by atoms with E-state index in [9.17, 15) is 4.79 Å². The summed E-state index contributed by atoms with van der Waals surface area (Å²) in [5.41, 5.74) is 1.41. The highest BCUT2D eigenvalue weighted by atomic mass is 16.5. The minimum atomic E-state index is -0.365. The Morgan fingerprint density at radius 2 is 1.79 bits per heavy atom. The van der Waals surface area contributed by atoms with Crippen LogP contribution in [0.4, 0.5) is 0 Å². The predicted octanol–water partition coefficient (Wildman–Crippen LogP) is 3.26. The van der Waals surface area contributed by atoms with Crippen molar-refractivity contribution in [3.8, 4) is 11.4 Å². The van der Waals surface area contributed by atoms with Crippen LogP contribution in [0.5, 0.6) is 0 Å². The molecule has 0 unspecified atom stereocenters. The Balaban J connectivity index is 1.82. The molecule has 24 heavy (non-hydrogen) atoms. The third-order valence-corrected chi connectivity index (χ3v) is 3.64. The van der Waals surface area contributed by atoms with Crippen LogP contribution in [0.2, 0.25) is 0 Å². The molecule has 1 atom stereocenters. The van der Waals surface area contributed by atoms with Gasteiger partial charge in [0.15, 0.2) is 0 Å². The average molecular weight is 322 g/mol. The van der Waals surface area contributed by atoms with Crippen molar-refractivity contribution in [1.29, 1.82) is 0 Å². The summed E-state index contributed by atoms with van der Waals surface area (Å²) in [6.45, 7) is 3.98. The fraction of sp³-hybridized carbons (Fsp3) is 0.222. The van der Waals surface area contributed by atoms with Crippen LogP contribution >= 0.6 is 0 Å². The molecule has 0 spiro atoms. The molecule has 122 valence electrons. The molecule has 0 saturated carbocycles. The maximum Gasteiger partial charge on any atom is 0.252 e. The van der Waals surface area contributed by atoms with E-state index in [4.69, 9.17) is 4.52 Å². The molecule has 3 rings (SSSR count). The van der Waals surface area contributed by atoms with Gasteiger partial charge in [0.05, 0.1) is 0 Å². The molecule has 3 aromatic rings. The number of hydrogen-bond acceptors (Lipinski definition) is 5.